The largest absolute Gasteiger partial charge is 0.433 e. The fraction of sp³-hybridized carbons (Fsp3) is 0.125. The lowest BCUT2D eigenvalue weighted by atomic mass is 10.1. The normalized spacial score (nSPS) is 11.3. The van der Waals surface area contributed by atoms with Crippen molar-refractivity contribution in [2.45, 2.75) is 13.3 Å². The lowest BCUT2D eigenvalue weighted by Crippen LogP contribution is -2.16. The summed E-state index contributed by atoms with van der Waals surface area (Å²) in [5.41, 5.74) is 3.50. The van der Waals surface area contributed by atoms with Crippen LogP contribution in [0.3, 0.4) is 0 Å². The van der Waals surface area contributed by atoms with Crippen LogP contribution in [0.15, 0.2) is 39.9 Å². The van der Waals surface area contributed by atoms with Gasteiger partial charge in [-0.15, -0.1) is 11.3 Å². The van der Waals surface area contributed by atoms with E-state index in [-0.39, 0.29) is 5.76 Å². The van der Waals surface area contributed by atoms with E-state index in [1.165, 1.54) is 29.7 Å². The highest BCUT2D eigenvalue weighted by atomic mass is 35.5. The number of nitrogens with zero attached hydrogens (tertiary/aromatic N) is 2. The second-order valence-electron chi connectivity index (χ2n) is 5.06. The molecule has 1 amide bonds. The summed E-state index contributed by atoms with van der Waals surface area (Å²) in [5.74, 6) is -0.698. The number of nitro groups is 1. The molecule has 0 fully saturated rings. The molecule has 0 aliphatic rings. The van der Waals surface area contributed by atoms with E-state index in [0.717, 1.165) is 22.1 Å². The number of hydrazone groups is 1. The predicted molar refractivity (Wildman–Crippen MR) is 96.6 cm³/mol. The number of aryl methyl sites for hydroxylation is 1. The van der Waals surface area contributed by atoms with Crippen molar-refractivity contribution in [3.8, 4) is 0 Å². The van der Waals surface area contributed by atoms with E-state index in [1.807, 2.05) is 18.2 Å². The Morgan fingerprint density at radius 2 is 2.24 bits per heavy atom. The third-order valence-corrected chi connectivity index (χ3v) is 5.11. The molecule has 1 aromatic carbocycles. The van der Waals surface area contributed by atoms with Crippen LogP contribution in [-0.2, 0) is 6.42 Å². The van der Waals surface area contributed by atoms with Crippen LogP contribution in [0.4, 0.5) is 5.88 Å². The van der Waals surface area contributed by atoms with E-state index in [4.69, 9.17) is 16.0 Å². The summed E-state index contributed by atoms with van der Waals surface area (Å²) in [6, 6.07) is 8.47. The van der Waals surface area contributed by atoms with Gasteiger partial charge < -0.3 is 4.42 Å². The fourth-order valence-electron chi connectivity index (χ4n) is 2.19. The van der Waals surface area contributed by atoms with Crippen molar-refractivity contribution in [1.29, 1.82) is 0 Å². The number of amides is 1. The van der Waals surface area contributed by atoms with Crippen LogP contribution in [0.25, 0.3) is 10.1 Å². The average Bonchev–Trinajstić information content (AvgIpc) is 3.19. The highest BCUT2D eigenvalue weighted by molar-refractivity contribution is 7.21. The van der Waals surface area contributed by atoms with Crippen LogP contribution in [0.1, 0.15) is 27.9 Å². The lowest BCUT2D eigenvalue weighted by Gasteiger charge is -1.96. The summed E-state index contributed by atoms with van der Waals surface area (Å²) in [6.07, 6.45) is 2.08. The average molecular weight is 378 g/mol. The quantitative estimate of drug-likeness (QED) is 0.405. The van der Waals surface area contributed by atoms with E-state index in [1.54, 1.807) is 0 Å². The zero-order valence-corrected chi connectivity index (χ0v) is 14.6. The second kappa shape index (κ2) is 7.04. The molecule has 128 valence electrons. The number of fused-ring (bicyclic) bond motifs is 1. The molecule has 0 atom stereocenters. The Balaban J connectivity index is 1.76. The minimum absolute atomic E-state index is 0.155. The molecule has 0 saturated carbocycles. The van der Waals surface area contributed by atoms with Gasteiger partial charge in [0.2, 0.25) is 0 Å². The molecule has 0 radical (unpaired) electrons. The molecule has 9 heteroatoms. The first-order valence-electron chi connectivity index (χ1n) is 7.28. The van der Waals surface area contributed by atoms with Gasteiger partial charge in [0.15, 0.2) is 5.76 Å². The number of carbonyl (C=O) groups excluding carboxylic acids is 1. The van der Waals surface area contributed by atoms with Gasteiger partial charge in [0.1, 0.15) is 9.80 Å². The first kappa shape index (κ1) is 17.1. The Kier molecular flexibility index (Phi) is 4.82. The molecular formula is C16H12ClN3O4S. The van der Waals surface area contributed by atoms with E-state index in [9.17, 15) is 14.9 Å². The lowest BCUT2D eigenvalue weighted by molar-refractivity contribution is -0.402. The topological polar surface area (TPSA) is 97.7 Å². The van der Waals surface area contributed by atoms with Crippen molar-refractivity contribution in [2.75, 3.05) is 0 Å². The van der Waals surface area contributed by atoms with E-state index in [0.29, 0.717) is 9.90 Å². The molecular weight excluding hydrogens is 366 g/mol. The van der Waals surface area contributed by atoms with Gasteiger partial charge in [0.25, 0.3) is 5.91 Å². The van der Waals surface area contributed by atoms with Gasteiger partial charge in [-0.3, -0.25) is 14.9 Å². The van der Waals surface area contributed by atoms with Crippen LogP contribution < -0.4 is 5.43 Å². The van der Waals surface area contributed by atoms with Crippen molar-refractivity contribution in [3.63, 3.8) is 0 Å². The van der Waals surface area contributed by atoms with E-state index >= 15 is 0 Å². The van der Waals surface area contributed by atoms with E-state index < -0.39 is 16.7 Å². The molecule has 0 saturated heterocycles. The van der Waals surface area contributed by atoms with Gasteiger partial charge in [0, 0.05) is 10.1 Å². The molecule has 2 aromatic heterocycles. The number of thiophene rings is 1. The van der Waals surface area contributed by atoms with Gasteiger partial charge in [-0.2, -0.15) is 5.10 Å². The smallest absolute Gasteiger partial charge is 0.400 e. The first-order chi connectivity index (χ1) is 12.0. The first-order valence-corrected chi connectivity index (χ1v) is 8.47. The zero-order valence-electron chi connectivity index (χ0n) is 13.0. The molecule has 0 bridgehead atoms. The van der Waals surface area contributed by atoms with Crippen LogP contribution in [-0.4, -0.2) is 17.0 Å². The molecule has 2 heterocycles. The number of benzene rings is 1. The van der Waals surface area contributed by atoms with Crippen molar-refractivity contribution in [1.82, 2.24) is 5.43 Å². The standard InChI is InChI=1S/C16H12ClN3O4S/c1-2-9-3-5-11-12(7-9)25-15(14(11)17)16(21)19-18-8-10-4-6-13(24-10)20(22)23/h3-8H,2H2,1H3,(H,19,21). The maximum Gasteiger partial charge on any atom is 0.433 e. The third-order valence-electron chi connectivity index (χ3n) is 3.46. The Bertz CT molecular complexity index is 993. The Hall–Kier alpha value is -2.71. The van der Waals surface area contributed by atoms with E-state index in [2.05, 4.69) is 17.5 Å². The Morgan fingerprint density at radius 1 is 1.44 bits per heavy atom. The highest BCUT2D eigenvalue weighted by Gasteiger charge is 2.17. The number of rotatable bonds is 5. The van der Waals surface area contributed by atoms with Crippen LogP contribution in [0.5, 0.6) is 0 Å². The summed E-state index contributed by atoms with van der Waals surface area (Å²) in [4.78, 5) is 22.5. The number of halogens is 1. The molecule has 1 N–H and O–H groups in total. The Labute approximate surface area is 151 Å². The van der Waals surface area contributed by atoms with Crippen LogP contribution in [0.2, 0.25) is 5.02 Å². The van der Waals surface area contributed by atoms with Crippen LogP contribution in [0, 0.1) is 10.1 Å². The van der Waals surface area contributed by atoms with Crippen molar-refractivity contribution in [2.24, 2.45) is 5.10 Å². The minimum atomic E-state index is -0.655. The molecule has 3 aromatic rings. The van der Waals surface area contributed by atoms with Crippen molar-refractivity contribution in [3.05, 3.63) is 61.7 Å². The molecule has 25 heavy (non-hydrogen) atoms. The number of hydrogen-bond donors (Lipinski definition) is 1. The summed E-state index contributed by atoms with van der Waals surface area (Å²) >= 11 is 7.57. The summed E-state index contributed by atoms with van der Waals surface area (Å²) < 4.78 is 5.84. The van der Waals surface area contributed by atoms with Gasteiger partial charge >= 0.3 is 5.88 Å². The van der Waals surface area contributed by atoms with Crippen molar-refractivity contribution >= 4 is 51.0 Å². The van der Waals surface area contributed by atoms with Gasteiger partial charge in [0.05, 0.1) is 17.3 Å². The molecule has 3 rings (SSSR count). The predicted octanol–water partition coefficient (Wildman–Crippen LogP) is 4.38. The van der Waals surface area contributed by atoms with Gasteiger partial charge in [-0.25, -0.2) is 5.43 Å². The monoisotopic (exact) mass is 377 g/mol. The maximum absolute atomic E-state index is 12.3. The number of hydrogen-bond acceptors (Lipinski definition) is 6. The molecule has 0 aliphatic heterocycles. The maximum atomic E-state index is 12.3. The third kappa shape index (κ3) is 3.54. The summed E-state index contributed by atoms with van der Waals surface area (Å²) in [6.45, 7) is 2.05. The summed E-state index contributed by atoms with van der Waals surface area (Å²) in [5, 5.41) is 15.5. The van der Waals surface area contributed by atoms with Crippen LogP contribution >= 0.6 is 22.9 Å². The minimum Gasteiger partial charge on any atom is -0.400 e. The SMILES string of the molecule is CCc1ccc2c(Cl)c(C(=O)NN=Cc3ccc([N+](=O)[O-])o3)sc2c1. The molecule has 0 spiro atoms. The molecule has 0 unspecified atom stereocenters. The van der Waals surface area contributed by atoms with Gasteiger partial charge in [-0.1, -0.05) is 30.7 Å². The zero-order chi connectivity index (χ0) is 18.0. The Morgan fingerprint density at radius 3 is 2.92 bits per heavy atom. The number of carbonyl (C=O) groups is 1. The molecule has 7 nitrogen and oxygen atoms in total. The number of nitrogens with one attached hydrogen (secondary N) is 1. The van der Waals surface area contributed by atoms with Gasteiger partial charge in [-0.05, 0) is 24.1 Å². The van der Waals surface area contributed by atoms with Crippen molar-refractivity contribution < 1.29 is 14.1 Å². The summed E-state index contributed by atoms with van der Waals surface area (Å²) in [7, 11) is 0. The highest BCUT2D eigenvalue weighted by Crippen LogP contribution is 2.35. The fourth-order valence-corrected chi connectivity index (χ4v) is 3.66. The molecule has 0 aliphatic carbocycles. The number of furan rings is 1. The second-order valence-corrected chi connectivity index (χ2v) is 6.49.